The number of hydrogen-bond donors (Lipinski definition) is 1. The molecule has 0 radical (unpaired) electrons. The number of thiocarbonyl (C=S) groups is 1. The van der Waals surface area contributed by atoms with E-state index in [0.717, 1.165) is 61.5 Å². The molecule has 2 aromatic rings. The molecule has 1 aromatic heterocycles. The van der Waals surface area contributed by atoms with Gasteiger partial charge < -0.3 is 15.0 Å². The van der Waals surface area contributed by atoms with Gasteiger partial charge in [0.1, 0.15) is 5.75 Å². The summed E-state index contributed by atoms with van der Waals surface area (Å²) in [4.78, 5) is 4.69. The predicted molar refractivity (Wildman–Crippen MR) is 109 cm³/mol. The number of nitrogens with zero attached hydrogens (tertiary/aromatic N) is 4. The van der Waals surface area contributed by atoms with E-state index in [1.165, 1.54) is 5.56 Å². The largest absolute Gasteiger partial charge is 0.495 e. The Balaban J connectivity index is 1.53. The number of hydrogen-bond acceptors (Lipinski definition) is 4. The van der Waals surface area contributed by atoms with Gasteiger partial charge in [-0.05, 0) is 38.2 Å². The Morgan fingerprint density at radius 1 is 1.23 bits per heavy atom. The minimum atomic E-state index is 0.754. The first-order valence-electron chi connectivity index (χ1n) is 9.05. The molecule has 0 saturated carbocycles. The molecule has 0 atom stereocenters. The molecule has 1 fully saturated rings. The number of ether oxygens (including phenoxy) is 1. The summed E-state index contributed by atoms with van der Waals surface area (Å²) < 4.78 is 7.39. The van der Waals surface area contributed by atoms with E-state index < -0.39 is 0 Å². The Morgan fingerprint density at radius 2 is 1.96 bits per heavy atom. The van der Waals surface area contributed by atoms with E-state index in [4.69, 9.17) is 17.0 Å². The van der Waals surface area contributed by atoms with E-state index in [-0.39, 0.29) is 0 Å². The van der Waals surface area contributed by atoms with Gasteiger partial charge in [0.15, 0.2) is 5.11 Å². The van der Waals surface area contributed by atoms with E-state index in [1.54, 1.807) is 7.11 Å². The molecule has 6 nitrogen and oxygen atoms in total. The lowest BCUT2D eigenvalue weighted by Gasteiger charge is -2.36. The lowest BCUT2D eigenvalue weighted by Crippen LogP contribution is -2.49. The molecule has 0 aliphatic carbocycles. The molecule has 1 aromatic carbocycles. The molecule has 0 spiro atoms. The molecule has 0 bridgehead atoms. The summed E-state index contributed by atoms with van der Waals surface area (Å²) >= 11 is 5.60. The van der Waals surface area contributed by atoms with Crippen LogP contribution in [-0.4, -0.2) is 58.0 Å². The number of aryl methyl sites for hydroxylation is 2. The van der Waals surface area contributed by atoms with E-state index in [9.17, 15) is 0 Å². The number of methoxy groups -OCH3 is 1. The van der Waals surface area contributed by atoms with Gasteiger partial charge in [-0.15, -0.1) is 0 Å². The fourth-order valence-corrected chi connectivity index (χ4v) is 3.46. The molecule has 26 heavy (non-hydrogen) atoms. The van der Waals surface area contributed by atoms with Crippen LogP contribution in [-0.2, 0) is 13.1 Å². The fourth-order valence-electron chi connectivity index (χ4n) is 3.17. The molecule has 1 aliphatic rings. The van der Waals surface area contributed by atoms with Crippen LogP contribution in [0.1, 0.15) is 18.2 Å². The maximum atomic E-state index is 5.60. The van der Waals surface area contributed by atoms with Crippen molar-refractivity contribution in [3.05, 3.63) is 41.7 Å². The minimum Gasteiger partial charge on any atom is -0.495 e. The van der Waals surface area contributed by atoms with Gasteiger partial charge in [-0.1, -0.05) is 12.1 Å². The van der Waals surface area contributed by atoms with Crippen molar-refractivity contribution in [3.8, 4) is 5.75 Å². The summed E-state index contributed by atoms with van der Waals surface area (Å²) in [6, 6.07) is 7.84. The molecule has 7 heteroatoms. The minimum absolute atomic E-state index is 0.754. The topological polar surface area (TPSA) is 45.6 Å². The van der Waals surface area contributed by atoms with Gasteiger partial charge in [0, 0.05) is 51.0 Å². The monoisotopic (exact) mass is 373 g/mol. The van der Waals surface area contributed by atoms with Crippen LogP contribution in [0.3, 0.4) is 0 Å². The first-order valence-corrected chi connectivity index (χ1v) is 9.45. The van der Waals surface area contributed by atoms with Crippen molar-refractivity contribution in [1.82, 2.24) is 19.6 Å². The molecule has 1 saturated heterocycles. The number of aromatic nitrogens is 2. The predicted octanol–water partition coefficient (Wildman–Crippen LogP) is 2.73. The third kappa shape index (κ3) is 4.34. The zero-order chi connectivity index (χ0) is 18.5. The zero-order valence-corrected chi connectivity index (χ0v) is 16.6. The van der Waals surface area contributed by atoms with Gasteiger partial charge in [-0.3, -0.25) is 9.58 Å². The SMILES string of the molecule is CCn1cc(CN2CCN(C(=S)Nc3ccccc3OC)CC2)c(C)n1. The van der Waals surface area contributed by atoms with Gasteiger partial charge in [0.2, 0.25) is 0 Å². The zero-order valence-electron chi connectivity index (χ0n) is 15.7. The molecular weight excluding hydrogens is 346 g/mol. The van der Waals surface area contributed by atoms with Crippen molar-refractivity contribution in [2.75, 3.05) is 38.6 Å². The van der Waals surface area contributed by atoms with Crippen LogP contribution >= 0.6 is 12.2 Å². The lowest BCUT2D eigenvalue weighted by molar-refractivity contribution is 0.176. The quantitative estimate of drug-likeness (QED) is 0.813. The second-order valence-electron chi connectivity index (χ2n) is 6.49. The van der Waals surface area contributed by atoms with Crippen LogP contribution < -0.4 is 10.1 Å². The number of para-hydroxylation sites is 2. The first-order chi connectivity index (χ1) is 12.6. The molecule has 1 N–H and O–H groups in total. The molecule has 0 unspecified atom stereocenters. The number of piperazine rings is 1. The van der Waals surface area contributed by atoms with Crippen LogP contribution in [0.2, 0.25) is 0 Å². The average molecular weight is 374 g/mol. The Kier molecular flexibility index (Phi) is 6.11. The van der Waals surface area contributed by atoms with Gasteiger partial charge in [-0.2, -0.15) is 5.10 Å². The Labute approximate surface area is 160 Å². The standard InChI is InChI=1S/C19H27N5OS/c1-4-24-14-16(15(2)21-24)13-22-9-11-23(12-10-22)19(26)20-17-7-5-6-8-18(17)25-3/h5-8,14H,4,9-13H2,1-3H3,(H,20,26). The van der Waals surface area contributed by atoms with E-state index in [2.05, 4.69) is 40.3 Å². The number of anilines is 1. The summed E-state index contributed by atoms with van der Waals surface area (Å²) in [5, 5.41) is 8.61. The molecule has 140 valence electrons. The second kappa shape index (κ2) is 8.51. The molecular formula is C19H27N5OS. The van der Waals surface area contributed by atoms with Crippen molar-refractivity contribution in [2.45, 2.75) is 26.9 Å². The highest BCUT2D eigenvalue weighted by atomic mass is 32.1. The maximum absolute atomic E-state index is 5.60. The first kappa shape index (κ1) is 18.7. The van der Waals surface area contributed by atoms with Crippen LogP contribution in [0.5, 0.6) is 5.75 Å². The molecule has 3 rings (SSSR count). The van der Waals surface area contributed by atoms with Gasteiger partial charge in [-0.25, -0.2) is 0 Å². The highest BCUT2D eigenvalue weighted by Crippen LogP contribution is 2.23. The van der Waals surface area contributed by atoms with Crippen molar-refractivity contribution < 1.29 is 4.74 Å². The third-order valence-corrected chi connectivity index (χ3v) is 5.13. The van der Waals surface area contributed by atoms with Gasteiger partial charge in [0.25, 0.3) is 0 Å². The van der Waals surface area contributed by atoms with Gasteiger partial charge >= 0.3 is 0 Å². The number of rotatable bonds is 5. The summed E-state index contributed by atoms with van der Waals surface area (Å²) in [6.07, 6.45) is 2.16. The fraction of sp³-hybridized carbons (Fsp3) is 0.474. The Bertz CT molecular complexity index is 752. The highest BCUT2D eigenvalue weighted by Gasteiger charge is 2.20. The Morgan fingerprint density at radius 3 is 2.62 bits per heavy atom. The second-order valence-corrected chi connectivity index (χ2v) is 6.88. The van der Waals surface area contributed by atoms with E-state index in [0.29, 0.717) is 0 Å². The van der Waals surface area contributed by atoms with Crippen molar-refractivity contribution in [1.29, 1.82) is 0 Å². The number of benzene rings is 1. The molecule has 0 amide bonds. The molecule has 1 aliphatic heterocycles. The van der Waals surface area contributed by atoms with Gasteiger partial charge in [0.05, 0.1) is 18.5 Å². The van der Waals surface area contributed by atoms with E-state index in [1.807, 2.05) is 28.9 Å². The van der Waals surface area contributed by atoms with Crippen molar-refractivity contribution in [3.63, 3.8) is 0 Å². The maximum Gasteiger partial charge on any atom is 0.173 e. The lowest BCUT2D eigenvalue weighted by atomic mass is 10.2. The normalized spacial score (nSPS) is 15.1. The van der Waals surface area contributed by atoms with Crippen LogP contribution in [0.25, 0.3) is 0 Å². The highest BCUT2D eigenvalue weighted by molar-refractivity contribution is 7.80. The molecule has 2 heterocycles. The summed E-state index contributed by atoms with van der Waals surface area (Å²) in [7, 11) is 1.67. The number of nitrogens with one attached hydrogen (secondary N) is 1. The van der Waals surface area contributed by atoms with Crippen molar-refractivity contribution >= 4 is 23.0 Å². The summed E-state index contributed by atoms with van der Waals surface area (Å²) in [6.45, 7) is 9.89. The van der Waals surface area contributed by atoms with Crippen LogP contribution in [0, 0.1) is 6.92 Å². The van der Waals surface area contributed by atoms with Crippen molar-refractivity contribution in [2.24, 2.45) is 0 Å². The summed E-state index contributed by atoms with van der Waals surface area (Å²) in [5.74, 6) is 0.803. The Hall–Kier alpha value is -2.12. The third-order valence-electron chi connectivity index (χ3n) is 4.77. The van der Waals surface area contributed by atoms with Crippen LogP contribution in [0.15, 0.2) is 30.5 Å². The van der Waals surface area contributed by atoms with E-state index >= 15 is 0 Å². The summed E-state index contributed by atoms with van der Waals surface area (Å²) in [5.41, 5.74) is 3.35. The smallest absolute Gasteiger partial charge is 0.173 e. The van der Waals surface area contributed by atoms with Crippen LogP contribution in [0.4, 0.5) is 5.69 Å². The average Bonchev–Trinajstić information content (AvgIpc) is 3.02.